The quantitative estimate of drug-likeness (QED) is 0.0409. The number of nitrogen functional groups attached to an aromatic ring is 1. The number of aromatic amines is 2. The molecule has 30 nitrogen and oxygen atoms in total. The summed E-state index contributed by atoms with van der Waals surface area (Å²) in [4.78, 5) is 107. The topological polar surface area (TPSA) is 439 Å². The second-order valence-electron chi connectivity index (χ2n) is 19.9. The van der Waals surface area contributed by atoms with Gasteiger partial charge >= 0.3 is 27.4 Å². The fraction of sp³-hybridized carbons (Fsp3) is 0.321. The lowest BCUT2D eigenvalue weighted by molar-refractivity contribution is -0.118. The molecule has 0 aliphatic carbocycles. The number of phosphoric acid groups is 2. The van der Waals surface area contributed by atoms with Crippen LogP contribution in [-0.2, 0) is 61.0 Å². The number of alkyl carbamates (subject to hydrolysis) is 1. The number of nitrogens with one attached hydrogen (secondary N) is 4. The van der Waals surface area contributed by atoms with Crippen LogP contribution in [0.2, 0.25) is 0 Å². The van der Waals surface area contributed by atoms with Crippen LogP contribution in [0.25, 0.3) is 11.2 Å². The molecule has 0 bridgehead atoms. The molecule has 10 atom stereocenters. The summed E-state index contributed by atoms with van der Waals surface area (Å²) in [6, 6.07) is 26.9. The molecule has 0 radical (unpaired) electrons. The SMILES string of the molecule is Cc1cc2c(cc1C)N(C(=O)CCc1ccc(NC(=O)[C@H](Cc3ccccc3)NC(=O)OCc3ccccc3)cc1)c1c([nH]c(=O)[nH]c1=O)N2C[C@H](O)[C@H](O)[C@H](O)COP(=O)(O)OP(=O)(O)OC[C@H]1O[C@@H](n2cnc3c(N)ncnc32)[C@H](O)[C@@H]1O. The standard InChI is InChI=1S/C53H59N11O19P2/c1-28-19-35-36(20-29(28)2)64(40(67)18-15-30-13-16-33(17-14-30)58-49(71)34(21-31-9-5-3-6-10-31)59-53(74)79-23-32-11-7-4-8-12-32)42-48(60-52(73)61-50(42)72)62(35)22-37(65)43(68)38(66)24-80-84(75,76)83-85(77,78)81-25-39-44(69)45(70)51(82-39)63-27-57-41-46(54)55-26-56-47(41)63/h3-14,16-17,19-20,26-27,34,37-39,43-45,51,65-66,68-70H,15,18,21-25H2,1-2H3,(H,58,71)(H,59,74)(H,75,76)(H,77,78)(H2,54,55,56)(H2,60,61,72,73)/t34-,37-,38+,39+,43-,44+,45+,51+/m0/s1. The largest absolute Gasteiger partial charge is 0.481 e. The van der Waals surface area contributed by atoms with E-state index in [0.29, 0.717) is 22.4 Å². The van der Waals surface area contributed by atoms with Gasteiger partial charge in [-0.3, -0.25) is 42.9 Å². The number of nitrogens with zero attached hydrogens (tertiary/aromatic N) is 6. The van der Waals surface area contributed by atoms with Crippen molar-refractivity contribution in [2.24, 2.45) is 0 Å². The van der Waals surface area contributed by atoms with E-state index in [-0.39, 0.29) is 65.7 Å². The number of carbonyl (C=O) groups is 3. The maximum Gasteiger partial charge on any atom is 0.481 e. The van der Waals surface area contributed by atoms with Crippen LogP contribution < -0.4 is 37.4 Å². The number of imidazole rings is 1. The van der Waals surface area contributed by atoms with Crippen molar-refractivity contribution in [2.75, 3.05) is 40.6 Å². The zero-order chi connectivity index (χ0) is 60.9. The van der Waals surface area contributed by atoms with Crippen molar-refractivity contribution in [1.29, 1.82) is 0 Å². The molecular weight excluding hydrogens is 1160 g/mol. The van der Waals surface area contributed by atoms with Gasteiger partial charge in [-0.2, -0.15) is 4.31 Å². The molecule has 1 fully saturated rings. The summed E-state index contributed by atoms with van der Waals surface area (Å²) in [5.41, 5.74) is 7.80. The average Bonchev–Trinajstić information content (AvgIpc) is 1.51. The normalized spacial score (nSPS) is 19.4. The highest BCUT2D eigenvalue weighted by atomic mass is 31.3. The molecule has 7 aromatic rings. The molecule has 85 heavy (non-hydrogen) atoms. The van der Waals surface area contributed by atoms with Crippen LogP contribution in [-0.4, -0.2) is 145 Å². The van der Waals surface area contributed by atoms with E-state index in [2.05, 4.69) is 44.4 Å². The Morgan fingerprint density at radius 2 is 1.47 bits per heavy atom. The van der Waals surface area contributed by atoms with Gasteiger partial charge in [0, 0.05) is 18.5 Å². The lowest BCUT2D eigenvalue weighted by atomic mass is 10.0. The first-order valence-electron chi connectivity index (χ1n) is 26.1. The van der Waals surface area contributed by atoms with Crippen molar-refractivity contribution >= 4 is 79.1 Å². The number of carbonyl (C=O) groups excluding carboxylic acids is 3. The smallest absolute Gasteiger partial charge is 0.445 e. The fourth-order valence-electron chi connectivity index (χ4n) is 9.37. The van der Waals surface area contributed by atoms with E-state index in [9.17, 15) is 68.4 Å². The summed E-state index contributed by atoms with van der Waals surface area (Å²) < 4.78 is 51.7. The van der Waals surface area contributed by atoms with E-state index in [4.69, 9.17) is 19.7 Å². The summed E-state index contributed by atoms with van der Waals surface area (Å²) >= 11 is 0. The zero-order valence-electron chi connectivity index (χ0n) is 45.1. The highest BCUT2D eigenvalue weighted by molar-refractivity contribution is 7.61. The summed E-state index contributed by atoms with van der Waals surface area (Å²) in [7, 11) is -11.3. The van der Waals surface area contributed by atoms with E-state index in [1.807, 2.05) is 48.5 Å². The Morgan fingerprint density at radius 1 is 0.812 bits per heavy atom. The summed E-state index contributed by atoms with van der Waals surface area (Å²) in [5, 5.41) is 60.3. The highest BCUT2D eigenvalue weighted by Crippen LogP contribution is 2.60. The lowest BCUT2D eigenvalue weighted by Crippen LogP contribution is -2.48. The second kappa shape index (κ2) is 26.1. The van der Waals surface area contributed by atoms with Crippen LogP contribution in [0, 0.1) is 13.8 Å². The number of phosphoric ester groups is 2. The fourth-order valence-corrected chi connectivity index (χ4v) is 11.5. The molecule has 2 unspecified atom stereocenters. The van der Waals surface area contributed by atoms with Gasteiger partial charge in [0.05, 0.1) is 37.5 Å². The molecular formula is C53H59N11O19P2. The number of benzene rings is 4. The van der Waals surface area contributed by atoms with Gasteiger partial charge in [0.2, 0.25) is 11.8 Å². The zero-order valence-corrected chi connectivity index (χ0v) is 46.9. The molecule has 3 aromatic heterocycles. The van der Waals surface area contributed by atoms with Crippen molar-refractivity contribution in [2.45, 2.75) is 88.6 Å². The number of aliphatic hydroxyl groups is 5. The van der Waals surface area contributed by atoms with Crippen molar-refractivity contribution in [1.82, 2.24) is 34.8 Å². The monoisotopic (exact) mass is 1220 g/mol. The number of H-pyrrole nitrogens is 2. The lowest BCUT2D eigenvalue weighted by Gasteiger charge is -2.39. The molecule has 2 aliphatic heterocycles. The molecule has 1 saturated heterocycles. The van der Waals surface area contributed by atoms with Crippen LogP contribution in [0.3, 0.4) is 0 Å². The molecule has 0 saturated carbocycles. The molecule has 3 amide bonds. The first-order valence-corrected chi connectivity index (χ1v) is 29.1. The number of amides is 3. The molecule has 2 aliphatic rings. The third-order valence-corrected chi connectivity index (χ3v) is 16.5. The summed E-state index contributed by atoms with van der Waals surface area (Å²) in [6.45, 7) is 0.415. The van der Waals surface area contributed by atoms with Crippen LogP contribution in [0.15, 0.2) is 119 Å². The number of rotatable bonds is 23. The van der Waals surface area contributed by atoms with E-state index in [1.165, 1.54) is 15.8 Å². The third-order valence-electron chi connectivity index (χ3n) is 13.9. The number of aromatic nitrogens is 6. The summed E-state index contributed by atoms with van der Waals surface area (Å²) in [5.74, 6) is -1.44. The number of aliphatic hydroxyl groups excluding tert-OH is 5. The molecule has 9 rings (SSSR count). The minimum atomic E-state index is -5.67. The minimum Gasteiger partial charge on any atom is -0.445 e. The Hall–Kier alpha value is -8.06. The highest BCUT2D eigenvalue weighted by Gasteiger charge is 2.47. The number of ether oxygens (including phenoxy) is 2. The molecule has 450 valence electrons. The van der Waals surface area contributed by atoms with Crippen LogP contribution in [0.1, 0.15) is 40.5 Å². The number of hydrogen-bond donors (Lipinski definition) is 12. The Bertz CT molecular complexity index is 3780. The van der Waals surface area contributed by atoms with Gasteiger partial charge in [-0.05, 0) is 72.4 Å². The second-order valence-corrected chi connectivity index (χ2v) is 22.9. The van der Waals surface area contributed by atoms with Crippen LogP contribution in [0.4, 0.5) is 39.2 Å². The van der Waals surface area contributed by atoms with Crippen molar-refractivity contribution < 1.29 is 81.7 Å². The third kappa shape index (κ3) is 14.5. The number of aryl methyl sites for hydroxylation is 3. The molecule has 0 spiro atoms. The van der Waals surface area contributed by atoms with E-state index in [1.54, 1.807) is 62.4 Å². The number of hydrogen-bond acceptors (Lipinski definition) is 22. The van der Waals surface area contributed by atoms with Gasteiger partial charge in [-0.15, -0.1) is 0 Å². The number of anilines is 6. The van der Waals surface area contributed by atoms with Crippen molar-refractivity contribution in [3.8, 4) is 0 Å². The average molecular weight is 1220 g/mol. The van der Waals surface area contributed by atoms with E-state index in [0.717, 1.165) is 22.4 Å². The van der Waals surface area contributed by atoms with E-state index >= 15 is 0 Å². The van der Waals surface area contributed by atoms with Gasteiger partial charge in [0.15, 0.2) is 23.4 Å². The minimum absolute atomic E-state index is 0.00751. The Labute approximate surface area is 481 Å². The predicted molar refractivity (Wildman–Crippen MR) is 301 cm³/mol. The molecule has 32 heteroatoms. The van der Waals surface area contributed by atoms with Crippen molar-refractivity contribution in [3.63, 3.8) is 0 Å². The summed E-state index contributed by atoms with van der Waals surface area (Å²) in [6.07, 6.45) is -11.3. The van der Waals surface area contributed by atoms with E-state index < -0.39 is 113 Å². The Morgan fingerprint density at radius 3 is 2.16 bits per heavy atom. The van der Waals surface area contributed by atoms with Gasteiger partial charge in [0.1, 0.15) is 66.9 Å². The number of fused-ring (bicyclic) bond motifs is 3. The van der Waals surface area contributed by atoms with Crippen LogP contribution >= 0.6 is 15.6 Å². The van der Waals surface area contributed by atoms with Crippen molar-refractivity contribution in [3.05, 3.63) is 158 Å². The molecule has 4 aromatic carbocycles. The molecule has 5 heterocycles. The van der Waals surface area contributed by atoms with Gasteiger partial charge in [0.25, 0.3) is 5.56 Å². The predicted octanol–water partition coefficient (Wildman–Crippen LogP) is 2.28. The Kier molecular flexibility index (Phi) is 18.9. The van der Waals surface area contributed by atoms with Gasteiger partial charge in [-0.25, -0.2) is 33.7 Å². The van der Waals surface area contributed by atoms with Crippen LogP contribution in [0.5, 0.6) is 0 Å². The first kappa shape index (κ1) is 61.5. The number of β-amino-alcohol motifs (C(OH)–C–C–N with tert-alkyl or cyclic N) is 1. The number of nitrogens with two attached hydrogens (primary N) is 1. The maximum absolute atomic E-state index is 14.5. The Balaban J connectivity index is 0.818. The maximum atomic E-state index is 14.5. The molecule has 13 N–H and O–H groups in total. The first-order chi connectivity index (χ1) is 40.5. The van der Waals surface area contributed by atoms with Gasteiger partial charge < -0.3 is 66.1 Å². The van der Waals surface area contributed by atoms with Gasteiger partial charge in [-0.1, -0.05) is 72.8 Å².